The second kappa shape index (κ2) is 7.49. The molecule has 0 radical (unpaired) electrons. The van der Waals surface area contributed by atoms with E-state index in [1.54, 1.807) is 6.07 Å². The van der Waals surface area contributed by atoms with Crippen molar-refractivity contribution in [3.05, 3.63) is 35.6 Å². The smallest absolute Gasteiger partial charge is 0.127 e. The van der Waals surface area contributed by atoms with Crippen LogP contribution in [0, 0.1) is 5.82 Å². The van der Waals surface area contributed by atoms with Crippen LogP contribution in [-0.4, -0.2) is 31.1 Å². The third-order valence-corrected chi connectivity index (χ3v) is 3.55. The van der Waals surface area contributed by atoms with E-state index in [4.69, 9.17) is 0 Å². The van der Waals surface area contributed by atoms with E-state index >= 15 is 0 Å². The Kier molecular flexibility index (Phi) is 5.62. The minimum absolute atomic E-state index is 0.110. The van der Waals surface area contributed by atoms with Crippen LogP contribution in [0.5, 0.6) is 0 Å². The molecule has 1 fully saturated rings. The average molecular weight is 250 g/mol. The molecule has 1 aliphatic heterocycles. The Morgan fingerprint density at radius 3 is 2.67 bits per heavy atom. The van der Waals surface area contributed by atoms with Gasteiger partial charge in [-0.05, 0) is 51.5 Å². The zero-order valence-corrected chi connectivity index (χ0v) is 11.0. The SMILES string of the molecule is Fc1ccccc1CNCCCN1CCCCC1. The fourth-order valence-corrected chi connectivity index (χ4v) is 2.48. The van der Waals surface area contributed by atoms with Crippen LogP contribution in [0.4, 0.5) is 4.39 Å². The first-order valence-corrected chi connectivity index (χ1v) is 7.03. The van der Waals surface area contributed by atoms with E-state index in [2.05, 4.69) is 10.2 Å². The number of piperidine rings is 1. The summed E-state index contributed by atoms with van der Waals surface area (Å²) in [5.41, 5.74) is 0.760. The Hall–Kier alpha value is -0.930. The zero-order valence-electron chi connectivity index (χ0n) is 11.0. The molecule has 2 rings (SSSR count). The van der Waals surface area contributed by atoms with Crippen LogP contribution in [-0.2, 0) is 6.54 Å². The number of likely N-dealkylation sites (tertiary alicyclic amines) is 1. The number of rotatable bonds is 6. The first-order chi connectivity index (χ1) is 8.86. The van der Waals surface area contributed by atoms with Gasteiger partial charge < -0.3 is 10.2 Å². The van der Waals surface area contributed by atoms with Crippen molar-refractivity contribution in [2.24, 2.45) is 0 Å². The maximum atomic E-state index is 13.3. The molecule has 0 bridgehead atoms. The van der Waals surface area contributed by atoms with Crippen LogP contribution < -0.4 is 5.32 Å². The van der Waals surface area contributed by atoms with Gasteiger partial charge in [0.05, 0.1) is 0 Å². The Morgan fingerprint density at radius 2 is 1.89 bits per heavy atom. The molecule has 0 atom stereocenters. The lowest BCUT2D eigenvalue weighted by Gasteiger charge is -2.26. The van der Waals surface area contributed by atoms with Crippen LogP contribution >= 0.6 is 0 Å². The fourth-order valence-electron chi connectivity index (χ4n) is 2.48. The molecule has 3 heteroatoms. The zero-order chi connectivity index (χ0) is 12.6. The number of nitrogens with one attached hydrogen (secondary N) is 1. The number of halogens is 1. The molecule has 18 heavy (non-hydrogen) atoms. The summed E-state index contributed by atoms with van der Waals surface area (Å²) in [7, 11) is 0. The summed E-state index contributed by atoms with van der Waals surface area (Å²) in [6.07, 6.45) is 5.24. The summed E-state index contributed by atoms with van der Waals surface area (Å²) in [6, 6.07) is 6.97. The van der Waals surface area contributed by atoms with Crippen molar-refractivity contribution < 1.29 is 4.39 Å². The standard InChI is InChI=1S/C15H23FN2/c16-15-8-3-2-7-14(15)13-17-9-6-12-18-10-4-1-5-11-18/h2-3,7-8,17H,1,4-6,9-13H2. The van der Waals surface area contributed by atoms with Crippen LogP contribution in [0.15, 0.2) is 24.3 Å². The molecule has 0 amide bonds. The number of nitrogens with zero attached hydrogens (tertiary/aromatic N) is 1. The summed E-state index contributed by atoms with van der Waals surface area (Å²) < 4.78 is 13.3. The van der Waals surface area contributed by atoms with Crippen molar-refractivity contribution in [2.75, 3.05) is 26.2 Å². The molecule has 1 heterocycles. The van der Waals surface area contributed by atoms with Gasteiger partial charge in [-0.1, -0.05) is 24.6 Å². The topological polar surface area (TPSA) is 15.3 Å². The maximum Gasteiger partial charge on any atom is 0.127 e. The quantitative estimate of drug-likeness (QED) is 0.781. The second-order valence-electron chi connectivity index (χ2n) is 5.02. The van der Waals surface area contributed by atoms with E-state index in [9.17, 15) is 4.39 Å². The highest BCUT2D eigenvalue weighted by Gasteiger charge is 2.08. The monoisotopic (exact) mass is 250 g/mol. The van der Waals surface area contributed by atoms with Gasteiger partial charge in [-0.25, -0.2) is 4.39 Å². The van der Waals surface area contributed by atoms with Gasteiger partial charge in [-0.3, -0.25) is 0 Å². The molecule has 1 aromatic rings. The first kappa shape index (κ1) is 13.5. The van der Waals surface area contributed by atoms with E-state index < -0.39 is 0 Å². The minimum atomic E-state index is -0.110. The van der Waals surface area contributed by atoms with Gasteiger partial charge in [-0.15, -0.1) is 0 Å². The lowest BCUT2D eigenvalue weighted by atomic mass is 10.1. The van der Waals surface area contributed by atoms with Gasteiger partial charge in [0.25, 0.3) is 0 Å². The third-order valence-electron chi connectivity index (χ3n) is 3.55. The number of benzene rings is 1. The highest BCUT2D eigenvalue weighted by atomic mass is 19.1. The normalized spacial score (nSPS) is 16.9. The molecule has 0 aromatic heterocycles. The number of hydrogen-bond donors (Lipinski definition) is 1. The summed E-state index contributed by atoms with van der Waals surface area (Å²) in [6.45, 7) is 5.28. The molecular weight excluding hydrogens is 227 g/mol. The van der Waals surface area contributed by atoms with Crippen LogP contribution in [0.2, 0.25) is 0 Å². The molecule has 1 aliphatic rings. The summed E-state index contributed by atoms with van der Waals surface area (Å²) >= 11 is 0. The van der Waals surface area contributed by atoms with E-state index in [0.717, 1.165) is 18.5 Å². The van der Waals surface area contributed by atoms with Crippen LogP contribution in [0.1, 0.15) is 31.2 Å². The molecule has 1 aromatic carbocycles. The predicted octanol–water partition coefficient (Wildman–Crippen LogP) is 2.79. The summed E-state index contributed by atoms with van der Waals surface area (Å²) in [5, 5.41) is 3.32. The average Bonchev–Trinajstić information content (AvgIpc) is 2.42. The lowest BCUT2D eigenvalue weighted by molar-refractivity contribution is 0.225. The predicted molar refractivity (Wildman–Crippen MR) is 73.0 cm³/mol. The van der Waals surface area contributed by atoms with Crippen molar-refractivity contribution in [3.8, 4) is 0 Å². The van der Waals surface area contributed by atoms with Crippen molar-refractivity contribution in [2.45, 2.75) is 32.2 Å². The lowest BCUT2D eigenvalue weighted by Crippen LogP contribution is -2.32. The van der Waals surface area contributed by atoms with Crippen LogP contribution in [0.25, 0.3) is 0 Å². The van der Waals surface area contributed by atoms with Gasteiger partial charge in [0.1, 0.15) is 5.82 Å². The van der Waals surface area contributed by atoms with Gasteiger partial charge in [0.2, 0.25) is 0 Å². The minimum Gasteiger partial charge on any atom is -0.313 e. The van der Waals surface area contributed by atoms with E-state index in [1.807, 2.05) is 12.1 Å². The molecule has 1 N–H and O–H groups in total. The molecule has 0 aliphatic carbocycles. The summed E-state index contributed by atoms with van der Waals surface area (Å²) in [4.78, 5) is 2.54. The van der Waals surface area contributed by atoms with Gasteiger partial charge in [0, 0.05) is 12.1 Å². The third kappa shape index (κ3) is 4.39. The molecule has 0 unspecified atom stereocenters. The molecule has 2 nitrogen and oxygen atoms in total. The first-order valence-electron chi connectivity index (χ1n) is 7.03. The molecule has 0 saturated carbocycles. The van der Waals surface area contributed by atoms with Gasteiger partial charge in [0.15, 0.2) is 0 Å². The van der Waals surface area contributed by atoms with Gasteiger partial charge in [-0.2, -0.15) is 0 Å². The highest BCUT2D eigenvalue weighted by Crippen LogP contribution is 2.08. The van der Waals surface area contributed by atoms with Crippen molar-refractivity contribution >= 4 is 0 Å². The van der Waals surface area contributed by atoms with E-state index in [-0.39, 0.29) is 5.82 Å². The Bertz CT molecular complexity index is 348. The van der Waals surface area contributed by atoms with E-state index in [0.29, 0.717) is 6.54 Å². The Labute approximate surface area is 109 Å². The van der Waals surface area contributed by atoms with Gasteiger partial charge >= 0.3 is 0 Å². The molecule has 100 valence electrons. The van der Waals surface area contributed by atoms with Crippen molar-refractivity contribution in [1.82, 2.24) is 10.2 Å². The molecule has 1 saturated heterocycles. The maximum absolute atomic E-state index is 13.3. The van der Waals surface area contributed by atoms with E-state index in [1.165, 1.54) is 45.0 Å². The fraction of sp³-hybridized carbons (Fsp3) is 0.600. The largest absolute Gasteiger partial charge is 0.313 e. The Morgan fingerprint density at radius 1 is 1.11 bits per heavy atom. The Balaban J connectivity index is 1.57. The highest BCUT2D eigenvalue weighted by molar-refractivity contribution is 5.16. The van der Waals surface area contributed by atoms with Crippen molar-refractivity contribution in [3.63, 3.8) is 0 Å². The molecule has 0 spiro atoms. The molecular formula is C15H23FN2. The number of hydrogen-bond acceptors (Lipinski definition) is 2. The summed E-state index contributed by atoms with van der Waals surface area (Å²) in [5.74, 6) is -0.110. The van der Waals surface area contributed by atoms with Crippen molar-refractivity contribution in [1.29, 1.82) is 0 Å². The second-order valence-corrected chi connectivity index (χ2v) is 5.02. The van der Waals surface area contributed by atoms with Crippen LogP contribution in [0.3, 0.4) is 0 Å².